The first kappa shape index (κ1) is 12.6. The molecule has 0 bridgehead atoms. The molecular formula is C11H20N4O. The maximum atomic E-state index is 9.98. The van der Waals surface area contributed by atoms with Gasteiger partial charge in [0.1, 0.15) is 11.6 Å². The van der Waals surface area contributed by atoms with Gasteiger partial charge in [0.05, 0.1) is 16.8 Å². The average molecular weight is 224 g/mol. The Bertz CT molecular complexity index is 382. The van der Waals surface area contributed by atoms with E-state index in [0.717, 1.165) is 0 Å². The summed E-state index contributed by atoms with van der Waals surface area (Å²) in [6.45, 7) is 7.25. The Morgan fingerprint density at radius 3 is 2.19 bits per heavy atom. The molecule has 90 valence electrons. The van der Waals surface area contributed by atoms with Crippen LogP contribution in [-0.2, 0) is 0 Å². The van der Waals surface area contributed by atoms with Crippen molar-refractivity contribution < 1.29 is 5.11 Å². The van der Waals surface area contributed by atoms with Crippen LogP contribution >= 0.6 is 0 Å². The normalized spacial score (nSPS) is 12.6. The lowest BCUT2D eigenvalue weighted by molar-refractivity contribution is 0.0239. The van der Waals surface area contributed by atoms with Crippen LogP contribution in [0.4, 0.5) is 17.3 Å². The third-order valence-electron chi connectivity index (χ3n) is 2.93. The van der Waals surface area contributed by atoms with E-state index >= 15 is 0 Å². The number of nitrogen functional groups attached to an aromatic ring is 2. The highest BCUT2D eigenvalue weighted by Crippen LogP contribution is 2.26. The van der Waals surface area contributed by atoms with Crippen molar-refractivity contribution in [2.75, 3.05) is 16.8 Å². The zero-order chi connectivity index (χ0) is 12.6. The summed E-state index contributed by atoms with van der Waals surface area (Å²) in [7, 11) is 0. The SMILES string of the molecule is CC(C)(O)C(C)(C)Nc1ccc(N)c(N)n1. The highest BCUT2D eigenvalue weighted by atomic mass is 16.3. The van der Waals surface area contributed by atoms with Gasteiger partial charge in [0.25, 0.3) is 0 Å². The number of anilines is 3. The van der Waals surface area contributed by atoms with Crippen LogP contribution in [0, 0.1) is 0 Å². The van der Waals surface area contributed by atoms with E-state index in [9.17, 15) is 5.11 Å². The molecule has 0 aliphatic heterocycles. The van der Waals surface area contributed by atoms with Crippen LogP contribution in [0.5, 0.6) is 0 Å². The summed E-state index contributed by atoms with van der Waals surface area (Å²) in [5.74, 6) is 0.885. The summed E-state index contributed by atoms with van der Waals surface area (Å²) in [5, 5.41) is 13.1. The molecule has 5 nitrogen and oxygen atoms in total. The van der Waals surface area contributed by atoms with Gasteiger partial charge < -0.3 is 21.9 Å². The van der Waals surface area contributed by atoms with Gasteiger partial charge in [-0.1, -0.05) is 0 Å². The van der Waals surface area contributed by atoms with Crippen molar-refractivity contribution in [3.05, 3.63) is 12.1 Å². The van der Waals surface area contributed by atoms with Crippen LogP contribution in [0.2, 0.25) is 0 Å². The molecule has 0 spiro atoms. The van der Waals surface area contributed by atoms with Crippen LogP contribution < -0.4 is 16.8 Å². The lowest BCUT2D eigenvalue weighted by Gasteiger charge is -2.38. The van der Waals surface area contributed by atoms with E-state index in [0.29, 0.717) is 11.5 Å². The van der Waals surface area contributed by atoms with Gasteiger partial charge in [0, 0.05) is 0 Å². The van der Waals surface area contributed by atoms with Gasteiger partial charge in [-0.05, 0) is 39.8 Å². The van der Waals surface area contributed by atoms with E-state index in [1.165, 1.54) is 0 Å². The van der Waals surface area contributed by atoms with Crippen LogP contribution in [-0.4, -0.2) is 21.2 Å². The first-order chi connectivity index (χ1) is 7.13. The summed E-state index contributed by atoms with van der Waals surface area (Å²) >= 11 is 0. The van der Waals surface area contributed by atoms with Gasteiger partial charge in [-0.25, -0.2) is 4.98 Å². The summed E-state index contributed by atoms with van der Waals surface area (Å²) in [6.07, 6.45) is 0. The zero-order valence-electron chi connectivity index (χ0n) is 10.2. The molecule has 0 amide bonds. The number of hydrogen-bond acceptors (Lipinski definition) is 5. The number of rotatable bonds is 3. The number of hydrogen-bond donors (Lipinski definition) is 4. The fourth-order valence-electron chi connectivity index (χ4n) is 1.03. The van der Waals surface area contributed by atoms with Crippen molar-refractivity contribution in [1.29, 1.82) is 0 Å². The Labute approximate surface area is 95.9 Å². The molecule has 0 aromatic carbocycles. The molecule has 0 saturated carbocycles. The van der Waals surface area contributed by atoms with Gasteiger partial charge in [0.15, 0.2) is 0 Å². The van der Waals surface area contributed by atoms with Crippen LogP contribution in [0.1, 0.15) is 27.7 Å². The standard InChI is InChI=1S/C11H20N4O/c1-10(2,11(3,4)16)15-8-6-5-7(12)9(13)14-8/h5-6,16H,12H2,1-4H3,(H3,13,14,15). The van der Waals surface area contributed by atoms with E-state index in [4.69, 9.17) is 11.5 Å². The van der Waals surface area contributed by atoms with Gasteiger partial charge in [0.2, 0.25) is 0 Å². The number of nitrogens with two attached hydrogens (primary N) is 2. The molecule has 1 aromatic rings. The van der Waals surface area contributed by atoms with Crippen molar-refractivity contribution in [1.82, 2.24) is 4.98 Å². The smallest absolute Gasteiger partial charge is 0.149 e. The quantitative estimate of drug-likeness (QED) is 0.618. The topological polar surface area (TPSA) is 97.2 Å². The van der Waals surface area contributed by atoms with E-state index in [1.807, 2.05) is 13.8 Å². The molecule has 5 heteroatoms. The van der Waals surface area contributed by atoms with Crippen molar-refractivity contribution in [2.24, 2.45) is 0 Å². The van der Waals surface area contributed by atoms with Crippen molar-refractivity contribution in [2.45, 2.75) is 38.8 Å². The number of nitrogens with one attached hydrogen (secondary N) is 1. The Balaban J connectivity index is 2.93. The maximum Gasteiger partial charge on any atom is 0.149 e. The predicted molar refractivity (Wildman–Crippen MR) is 67.1 cm³/mol. The monoisotopic (exact) mass is 224 g/mol. The highest BCUT2D eigenvalue weighted by molar-refractivity contribution is 5.62. The Morgan fingerprint density at radius 2 is 1.75 bits per heavy atom. The largest absolute Gasteiger partial charge is 0.396 e. The second kappa shape index (κ2) is 3.83. The summed E-state index contributed by atoms with van der Waals surface area (Å²) in [6, 6.07) is 3.42. The Morgan fingerprint density at radius 1 is 1.19 bits per heavy atom. The van der Waals surface area contributed by atoms with E-state index in [-0.39, 0.29) is 5.82 Å². The summed E-state index contributed by atoms with van der Waals surface area (Å²) in [4.78, 5) is 4.10. The molecule has 1 heterocycles. The van der Waals surface area contributed by atoms with Crippen molar-refractivity contribution >= 4 is 17.3 Å². The third-order valence-corrected chi connectivity index (χ3v) is 2.93. The average Bonchev–Trinajstić information content (AvgIpc) is 2.09. The van der Waals surface area contributed by atoms with Crippen molar-refractivity contribution in [3.63, 3.8) is 0 Å². The molecule has 0 atom stereocenters. The van der Waals surface area contributed by atoms with E-state index in [1.54, 1.807) is 26.0 Å². The van der Waals surface area contributed by atoms with Crippen LogP contribution in [0.15, 0.2) is 12.1 Å². The molecule has 0 aliphatic rings. The van der Waals surface area contributed by atoms with Crippen molar-refractivity contribution in [3.8, 4) is 0 Å². The second-order valence-corrected chi connectivity index (χ2v) is 4.98. The predicted octanol–water partition coefficient (Wildman–Crippen LogP) is 1.21. The maximum absolute atomic E-state index is 9.98. The first-order valence-electron chi connectivity index (χ1n) is 5.16. The molecule has 0 unspecified atom stereocenters. The minimum atomic E-state index is -0.884. The first-order valence-corrected chi connectivity index (χ1v) is 5.16. The minimum Gasteiger partial charge on any atom is -0.396 e. The Kier molecular flexibility index (Phi) is 3.01. The minimum absolute atomic E-state index is 0.288. The van der Waals surface area contributed by atoms with Crippen LogP contribution in [0.3, 0.4) is 0 Å². The molecule has 0 radical (unpaired) electrons. The van der Waals surface area contributed by atoms with E-state index < -0.39 is 11.1 Å². The number of pyridine rings is 1. The number of nitrogens with zero attached hydrogens (tertiary/aromatic N) is 1. The molecule has 1 rings (SSSR count). The molecule has 16 heavy (non-hydrogen) atoms. The zero-order valence-corrected chi connectivity index (χ0v) is 10.2. The summed E-state index contributed by atoms with van der Waals surface area (Å²) < 4.78 is 0. The molecule has 0 fully saturated rings. The molecule has 0 aliphatic carbocycles. The molecule has 6 N–H and O–H groups in total. The van der Waals surface area contributed by atoms with Gasteiger partial charge in [-0.3, -0.25) is 0 Å². The molecule has 1 aromatic heterocycles. The van der Waals surface area contributed by atoms with Gasteiger partial charge in [-0.2, -0.15) is 0 Å². The fourth-order valence-corrected chi connectivity index (χ4v) is 1.03. The number of aromatic nitrogens is 1. The third kappa shape index (κ3) is 2.55. The number of aliphatic hydroxyl groups is 1. The molecular weight excluding hydrogens is 204 g/mol. The second-order valence-electron chi connectivity index (χ2n) is 4.98. The lowest BCUT2D eigenvalue weighted by Crippen LogP contribution is -2.51. The lowest BCUT2D eigenvalue weighted by atomic mass is 9.86. The van der Waals surface area contributed by atoms with E-state index in [2.05, 4.69) is 10.3 Å². The van der Waals surface area contributed by atoms with Gasteiger partial charge >= 0.3 is 0 Å². The fraction of sp³-hybridized carbons (Fsp3) is 0.545. The van der Waals surface area contributed by atoms with Crippen LogP contribution in [0.25, 0.3) is 0 Å². The highest BCUT2D eigenvalue weighted by Gasteiger charge is 2.35. The van der Waals surface area contributed by atoms with Gasteiger partial charge in [-0.15, -0.1) is 0 Å². The summed E-state index contributed by atoms with van der Waals surface area (Å²) in [5.41, 5.74) is 10.2. The Hall–Kier alpha value is -1.49. The molecule has 0 saturated heterocycles.